The zero-order valence-corrected chi connectivity index (χ0v) is 13.6. The second kappa shape index (κ2) is 7.64. The van der Waals surface area contributed by atoms with Crippen LogP contribution in [0.25, 0.3) is 0 Å². The Morgan fingerprint density at radius 2 is 1.86 bits per heavy atom. The first-order chi connectivity index (χ1) is 9.76. The minimum atomic E-state index is -0.474. The van der Waals surface area contributed by atoms with Gasteiger partial charge in [0.05, 0.1) is 7.11 Å². The summed E-state index contributed by atoms with van der Waals surface area (Å²) in [5.41, 5.74) is 5.30. The maximum absolute atomic E-state index is 12.0. The molecule has 1 fully saturated rings. The highest BCUT2D eigenvalue weighted by Crippen LogP contribution is 2.27. The predicted octanol–water partition coefficient (Wildman–Crippen LogP) is 1.77. The van der Waals surface area contributed by atoms with Crippen LogP contribution < -0.4 is 5.73 Å². The molecule has 2 N–H and O–H groups in total. The van der Waals surface area contributed by atoms with E-state index in [1.54, 1.807) is 4.90 Å². The van der Waals surface area contributed by atoms with Crippen LogP contribution in [0.3, 0.4) is 0 Å². The quantitative estimate of drug-likeness (QED) is 0.800. The van der Waals surface area contributed by atoms with Crippen molar-refractivity contribution in [3.8, 4) is 0 Å². The van der Waals surface area contributed by atoms with Crippen molar-refractivity contribution in [1.29, 1.82) is 0 Å². The van der Waals surface area contributed by atoms with Crippen molar-refractivity contribution in [2.45, 2.75) is 45.6 Å². The number of rotatable bonds is 4. The van der Waals surface area contributed by atoms with Crippen LogP contribution in [-0.2, 0) is 14.3 Å². The summed E-state index contributed by atoms with van der Waals surface area (Å²) in [4.78, 5) is 25.1. The predicted molar refractivity (Wildman–Crippen MR) is 79.7 cm³/mol. The van der Waals surface area contributed by atoms with Crippen LogP contribution in [0.4, 0.5) is 4.79 Å². The number of piperidine rings is 1. The number of nitrogens with zero attached hydrogens (tertiary/aromatic N) is 1. The molecular formula is C15H28N2O4. The maximum Gasteiger partial charge on any atom is 0.410 e. The summed E-state index contributed by atoms with van der Waals surface area (Å²) >= 11 is 0. The second-order valence-corrected chi connectivity index (χ2v) is 6.58. The summed E-state index contributed by atoms with van der Waals surface area (Å²) in [5, 5.41) is 0. The molecule has 0 aliphatic carbocycles. The van der Waals surface area contributed by atoms with Crippen LogP contribution in [0.15, 0.2) is 0 Å². The largest absolute Gasteiger partial charge is 0.469 e. The molecule has 0 aromatic rings. The second-order valence-electron chi connectivity index (χ2n) is 6.58. The molecule has 6 nitrogen and oxygen atoms in total. The number of likely N-dealkylation sites (tertiary alicyclic amines) is 1. The van der Waals surface area contributed by atoms with Crippen LogP contribution in [0.1, 0.15) is 40.0 Å². The van der Waals surface area contributed by atoms with Gasteiger partial charge in [0.1, 0.15) is 5.60 Å². The van der Waals surface area contributed by atoms with Gasteiger partial charge in [0.15, 0.2) is 0 Å². The van der Waals surface area contributed by atoms with Crippen molar-refractivity contribution in [3.63, 3.8) is 0 Å². The van der Waals surface area contributed by atoms with Crippen LogP contribution in [0, 0.1) is 11.8 Å². The van der Waals surface area contributed by atoms with Crippen molar-refractivity contribution in [3.05, 3.63) is 0 Å². The summed E-state index contributed by atoms with van der Waals surface area (Å²) in [6, 6.07) is 0. The first kappa shape index (κ1) is 17.8. The molecular weight excluding hydrogens is 272 g/mol. The summed E-state index contributed by atoms with van der Waals surface area (Å²) < 4.78 is 10.1. The molecule has 21 heavy (non-hydrogen) atoms. The fourth-order valence-electron chi connectivity index (χ4n) is 2.62. The Labute approximate surface area is 126 Å². The zero-order chi connectivity index (χ0) is 16.0. The van der Waals surface area contributed by atoms with Crippen molar-refractivity contribution in [2.75, 3.05) is 26.7 Å². The van der Waals surface area contributed by atoms with Gasteiger partial charge in [0.25, 0.3) is 0 Å². The first-order valence-electron chi connectivity index (χ1n) is 7.51. The van der Waals surface area contributed by atoms with Gasteiger partial charge in [0, 0.05) is 19.5 Å². The van der Waals surface area contributed by atoms with E-state index in [0.717, 1.165) is 12.8 Å². The molecule has 122 valence electrons. The standard InChI is InChI=1S/C15H28N2O4/c1-15(2,3)21-14(19)17-7-5-11(6-8-17)12(10-16)9-13(18)20-4/h11-12H,5-10,16H2,1-4H3. The van der Waals surface area contributed by atoms with Gasteiger partial charge in [-0.05, 0) is 52.0 Å². The topological polar surface area (TPSA) is 81.9 Å². The van der Waals surface area contributed by atoms with Crippen LogP contribution >= 0.6 is 0 Å². The maximum atomic E-state index is 12.0. The van der Waals surface area contributed by atoms with E-state index in [0.29, 0.717) is 32.0 Å². The Morgan fingerprint density at radius 1 is 1.29 bits per heavy atom. The molecule has 1 saturated heterocycles. The zero-order valence-electron chi connectivity index (χ0n) is 13.6. The number of hydrogen-bond acceptors (Lipinski definition) is 5. The number of carbonyl (C=O) groups excluding carboxylic acids is 2. The molecule has 1 rings (SSSR count). The van der Waals surface area contributed by atoms with E-state index in [2.05, 4.69) is 0 Å². The smallest absolute Gasteiger partial charge is 0.410 e. The average molecular weight is 300 g/mol. The number of methoxy groups -OCH3 is 1. The summed E-state index contributed by atoms with van der Waals surface area (Å²) in [5.74, 6) is 0.256. The molecule has 0 aromatic heterocycles. The Hall–Kier alpha value is -1.30. The molecule has 0 aromatic carbocycles. The summed E-state index contributed by atoms with van der Waals surface area (Å²) in [6.07, 6.45) is 1.78. The molecule has 1 aliphatic heterocycles. The fraction of sp³-hybridized carbons (Fsp3) is 0.867. The Morgan fingerprint density at radius 3 is 2.29 bits per heavy atom. The molecule has 6 heteroatoms. The van der Waals surface area contributed by atoms with Gasteiger partial charge >= 0.3 is 12.1 Å². The molecule has 0 bridgehead atoms. The lowest BCUT2D eigenvalue weighted by Crippen LogP contribution is -2.43. The molecule has 1 aliphatic rings. The lowest BCUT2D eigenvalue weighted by Gasteiger charge is -2.36. The van der Waals surface area contributed by atoms with Crippen molar-refractivity contribution in [1.82, 2.24) is 4.90 Å². The minimum Gasteiger partial charge on any atom is -0.469 e. The molecule has 0 spiro atoms. The van der Waals surface area contributed by atoms with E-state index < -0.39 is 5.60 Å². The Kier molecular flexibility index (Phi) is 6.45. The van der Waals surface area contributed by atoms with Gasteiger partial charge in [0.2, 0.25) is 0 Å². The van der Waals surface area contributed by atoms with Crippen LogP contribution in [0.5, 0.6) is 0 Å². The van der Waals surface area contributed by atoms with Gasteiger partial charge in [-0.15, -0.1) is 0 Å². The third-order valence-corrected chi connectivity index (χ3v) is 3.82. The van der Waals surface area contributed by atoms with Gasteiger partial charge in [-0.25, -0.2) is 4.79 Å². The molecule has 1 amide bonds. The van der Waals surface area contributed by atoms with Crippen LogP contribution in [0.2, 0.25) is 0 Å². The van der Waals surface area contributed by atoms with E-state index in [4.69, 9.17) is 15.2 Å². The molecule has 1 heterocycles. The summed E-state index contributed by atoms with van der Waals surface area (Å²) in [7, 11) is 1.39. The Bertz CT molecular complexity index is 357. The van der Waals surface area contributed by atoms with Gasteiger partial charge in [-0.2, -0.15) is 0 Å². The monoisotopic (exact) mass is 300 g/mol. The number of ether oxygens (including phenoxy) is 2. The molecule has 1 atom stereocenters. The van der Waals surface area contributed by atoms with Gasteiger partial charge in [-0.1, -0.05) is 0 Å². The van der Waals surface area contributed by atoms with Crippen molar-refractivity contribution < 1.29 is 19.1 Å². The van der Waals surface area contributed by atoms with Crippen molar-refractivity contribution in [2.24, 2.45) is 17.6 Å². The first-order valence-corrected chi connectivity index (χ1v) is 7.51. The SMILES string of the molecule is COC(=O)CC(CN)C1CCN(C(=O)OC(C)(C)C)CC1. The lowest BCUT2D eigenvalue weighted by atomic mass is 9.82. The van der Waals surface area contributed by atoms with Gasteiger partial charge < -0.3 is 20.1 Å². The fourth-order valence-corrected chi connectivity index (χ4v) is 2.62. The number of nitrogens with two attached hydrogens (primary N) is 1. The van der Waals surface area contributed by atoms with E-state index in [1.807, 2.05) is 20.8 Å². The van der Waals surface area contributed by atoms with Gasteiger partial charge in [-0.3, -0.25) is 4.79 Å². The van der Waals surface area contributed by atoms with E-state index >= 15 is 0 Å². The van der Waals surface area contributed by atoms with E-state index in [1.165, 1.54) is 7.11 Å². The van der Waals surface area contributed by atoms with Crippen LogP contribution in [-0.4, -0.2) is 49.3 Å². The number of hydrogen-bond donors (Lipinski definition) is 1. The number of amides is 1. The molecule has 0 radical (unpaired) electrons. The Balaban J connectivity index is 2.47. The summed E-state index contributed by atoms with van der Waals surface area (Å²) in [6.45, 7) is 7.34. The van der Waals surface area contributed by atoms with Crippen molar-refractivity contribution >= 4 is 12.1 Å². The highest BCUT2D eigenvalue weighted by molar-refractivity contribution is 5.69. The van der Waals surface area contributed by atoms with E-state index in [9.17, 15) is 9.59 Å². The average Bonchev–Trinajstić information content (AvgIpc) is 2.42. The third kappa shape index (κ3) is 5.91. The third-order valence-electron chi connectivity index (χ3n) is 3.82. The lowest BCUT2D eigenvalue weighted by molar-refractivity contribution is -0.142. The highest BCUT2D eigenvalue weighted by Gasteiger charge is 2.31. The molecule has 1 unspecified atom stereocenters. The minimum absolute atomic E-state index is 0.123. The number of esters is 1. The van der Waals surface area contributed by atoms with E-state index in [-0.39, 0.29) is 18.0 Å². The number of carbonyl (C=O) groups is 2. The normalized spacial score (nSPS) is 18.2. The highest BCUT2D eigenvalue weighted by atomic mass is 16.6. The molecule has 0 saturated carbocycles.